The molecule has 35 heavy (non-hydrogen) atoms. The fraction of sp³-hybridized carbons (Fsp3) is 0.172. The Morgan fingerprint density at radius 2 is 1.74 bits per heavy atom. The Morgan fingerprint density at radius 1 is 0.943 bits per heavy atom. The Morgan fingerprint density at radius 3 is 2.49 bits per heavy atom. The summed E-state index contributed by atoms with van der Waals surface area (Å²) in [5, 5.41) is 0.754. The maximum absolute atomic E-state index is 6.45. The van der Waals surface area contributed by atoms with Gasteiger partial charge in [0.25, 0.3) is 0 Å². The Kier molecular flexibility index (Phi) is 7.25. The van der Waals surface area contributed by atoms with Crippen LogP contribution >= 0.6 is 11.6 Å². The summed E-state index contributed by atoms with van der Waals surface area (Å²) in [6.07, 6.45) is 13.2. The van der Waals surface area contributed by atoms with E-state index in [1.54, 1.807) is 6.20 Å². The van der Waals surface area contributed by atoms with Gasteiger partial charge in [-0.15, -0.1) is 0 Å². The van der Waals surface area contributed by atoms with Crippen molar-refractivity contribution < 1.29 is 4.74 Å². The zero-order valence-corrected chi connectivity index (χ0v) is 20.1. The van der Waals surface area contributed by atoms with Gasteiger partial charge in [0.2, 0.25) is 0 Å². The molecular formula is C29H27ClN4O. The van der Waals surface area contributed by atoms with Crippen LogP contribution in [0.2, 0.25) is 5.02 Å². The van der Waals surface area contributed by atoms with Crippen LogP contribution in [0.15, 0.2) is 115 Å². The van der Waals surface area contributed by atoms with Crippen molar-refractivity contribution in [2.75, 3.05) is 4.90 Å². The average Bonchev–Trinajstić information content (AvgIpc) is 3.42. The molecule has 0 saturated carbocycles. The number of aliphatic imine (C=N–C) groups is 1. The maximum atomic E-state index is 6.45. The molecule has 0 fully saturated rings. The highest BCUT2D eigenvalue weighted by Crippen LogP contribution is 2.30. The minimum atomic E-state index is 0.00445. The van der Waals surface area contributed by atoms with Crippen LogP contribution in [0.1, 0.15) is 23.6 Å². The topological polar surface area (TPSA) is 42.6 Å². The van der Waals surface area contributed by atoms with Crippen LogP contribution in [0.5, 0.6) is 5.75 Å². The lowest BCUT2D eigenvalue weighted by Crippen LogP contribution is -2.26. The first-order valence-corrected chi connectivity index (χ1v) is 12.1. The average molecular weight is 483 g/mol. The highest BCUT2D eigenvalue weighted by Gasteiger charge is 2.19. The molecule has 1 aromatic heterocycles. The molecule has 2 heterocycles. The smallest absolute Gasteiger partial charge is 0.119 e. The fourth-order valence-electron chi connectivity index (χ4n) is 4.23. The molecule has 5 nitrogen and oxygen atoms in total. The van der Waals surface area contributed by atoms with Gasteiger partial charge < -0.3 is 14.2 Å². The number of benzene rings is 3. The van der Waals surface area contributed by atoms with Crippen molar-refractivity contribution in [3.8, 4) is 5.75 Å². The Balaban J connectivity index is 1.29. The number of nitrogens with zero attached hydrogens (tertiary/aromatic N) is 4. The summed E-state index contributed by atoms with van der Waals surface area (Å²) in [6.45, 7) is 0.733. The molecule has 1 aliphatic heterocycles. The van der Waals surface area contributed by atoms with Crippen LogP contribution < -0.4 is 9.64 Å². The third-order valence-electron chi connectivity index (χ3n) is 6.06. The second-order valence-electron chi connectivity index (χ2n) is 8.52. The standard InChI is InChI=1S/C29H27ClN4O/c30-25-9-6-23(7-10-25)8-13-28(21-33-18-16-32-22-33)35-27-14-11-26(12-15-27)34-19-17-31-20-29(34)24-4-2-1-3-5-24/h1-7,9-12,14-20,22,28-29H,8,13,21H2. The second kappa shape index (κ2) is 11.1. The van der Waals surface area contributed by atoms with E-state index < -0.39 is 0 Å². The number of halogens is 1. The number of hydrogen-bond acceptors (Lipinski definition) is 4. The number of rotatable bonds is 9. The quantitative estimate of drug-likeness (QED) is 0.266. The summed E-state index contributed by atoms with van der Waals surface area (Å²) in [6, 6.07) is 26.8. The summed E-state index contributed by atoms with van der Waals surface area (Å²) in [5.41, 5.74) is 3.53. The van der Waals surface area contributed by atoms with E-state index in [0.29, 0.717) is 0 Å². The maximum Gasteiger partial charge on any atom is 0.119 e. The Hall–Kier alpha value is -3.83. The number of imidazole rings is 1. The van der Waals surface area contributed by atoms with Crippen LogP contribution in [0.4, 0.5) is 5.69 Å². The van der Waals surface area contributed by atoms with Crippen molar-refractivity contribution in [3.63, 3.8) is 0 Å². The Labute approximate surface area is 211 Å². The molecule has 3 aromatic carbocycles. The minimum absolute atomic E-state index is 0.00445. The summed E-state index contributed by atoms with van der Waals surface area (Å²) in [4.78, 5) is 10.8. The van der Waals surface area contributed by atoms with Crippen molar-refractivity contribution in [2.45, 2.75) is 31.5 Å². The molecular weight excluding hydrogens is 456 g/mol. The van der Waals surface area contributed by atoms with E-state index in [0.717, 1.165) is 35.8 Å². The van der Waals surface area contributed by atoms with E-state index >= 15 is 0 Å². The summed E-state index contributed by atoms with van der Waals surface area (Å²) in [5.74, 6) is 0.848. The number of anilines is 1. The molecule has 0 bridgehead atoms. The summed E-state index contributed by atoms with van der Waals surface area (Å²) < 4.78 is 8.51. The van der Waals surface area contributed by atoms with Gasteiger partial charge in [0, 0.05) is 41.7 Å². The summed E-state index contributed by atoms with van der Waals surface area (Å²) in [7, 11) is 0. The normalized spacial score (nSPS) is 15.8. The van der Waals surface area contributed by atoms with Gasteiger partial charge in [-0.3, -0.25) is 4.99 Å². The Bertz CT molecular complexity index is 1250. The minimum Gasteiger partial charge on any atom is -0.489 e. The lowest BCUT2D eigenvalue weighted by atomic mass is 10.1. The SMILES string of the molecule is Clc1ccc(CCC(Cn2ccnc2)Oc2ccc(N3C=CN=CC3c3ccccc3)cc2)cc1. The van der Waals surface area contributed by atoms with Crippen LogP contribution in [0.25, 0.3) is 0 Å². The molecule has 6 heteroatoms. The van der Waals surface area contributed by atoms with Crippen molar-refractivity contribution >= 4 is 23.5 Å². The number of aryl methyl sites for hydroxylation is 1. The third-order valence-corrected chi connectivity index (χ3v) is 6.31. The number of ether oxygens (including phenoxy) is 1. The zero-order chi connectivity index (χ0) is 23.9. The molecule has 2 unspecified atom stereocenters. The van der Waals surface area contributed by atoms with Crippen molar-refractivity contribution in [1.82, 2.24) is 9.55 Å². The molecule has 0 saturated heterocycles. The predicted molar refractivity (Wildman–Crippen MR) is 142 cm³/mol. The lowest BCUT2D eigenvalue weighted by Gasteiger charge is -2.30. The van der Waals surface area contributed by atoms with E-state index in [-0.39, 0.29) is 12.1 Å². The third kappa shape index (κ3) is 6.00. The van der Waals surface area contributed by atoms with Crippen LogP contribution in [-0.4, -0.2) is 21.9 Å². The highest BCUT2D eigenvalue weighted by atomic mass is 35.5. The molecule has 176 valence electrons. The number of aromatic nitrogens is 2. The van der Waals surface area contributed by atoms with E-state index in [2.05, 4.69) is 68.0 Å². The fourth-order valence-corrected chi connectivity index (χ4v) is 4.36. The van der Waals surface area contributed by atoms with Crippen molar-refractivity contribution in [2.24, 2.45) is 4.99 Å². The van der Waals surface area contributed by atoms with E-state index in [4.69, 9.17) is 16.3 Å². The van der Waals surface area contributed by atoms with E-state index in [9.17, 15) is 0 Å². The summed E-state index contributed by atoms with van der Waals surface area (Å²) >= 11 is 6.04. The van der Waals surface area contributed by atoms with Gasteiger partial charge in [0.1, 0.15) is 11.9 Å². The van der Waals surface area contributed by atoms with E-state index in [1.807, 2.05) is 61.5 Å². The highest BCUT2D eigenvalue weighted by molar-refractivity contribution is 6.30. The predicted octanol–water partition coefficient (Wildman–Crippen LogP) is 6.72. The molecule has 0 N–H and O–H groups in total. The first-order valence-electron chi connectivity index (χ1n) is 11.7. The van der Waals surface area contributed by atoms with Crippen LogP contribution in [0, 0.1) is 0 Å². The molecule has 1 aliphatic rings. The first kappa shape index (κ1) is 22.9. The molecule has 5 rings (SSSR count). The molecule has 0 aliphatic carbocycles. The van der Waals surface area contributed by atoms with Crippen LogP contribution in [0.3, 0.4) is 0 Å². The van der Waals surface area contributed by atoms with Crippen LogP contribution in [-0.2, 0) is 13.0 Å². The van der Waals surface area contributed by atoms with Crippen molar-refractivity contribution in [3.05, 3.63) is 126 Å². The molecule has 0 spiro atoms. The van der Waals surface area contributed by atoms with E-state index in [1.165, 1.54) is 11.1 Å². The van der Waals surface area contributed by atoms with Gasteiger partial charge in [0.05, 0.1) is 18.9 Å². The largest absolute Gasteiger partial charge is 0.489 e. The molecule has 0 radical (unpaired) electrons. The zero-order valence-electron chi connectivity index (χ0n) is 19.3. The van der Waals surface area contributed by atoms with Gasteiger partial charge in [0.15, 0.2) is 0 Å². The van der Waals surface area contributed by atoms with Crippen molar-refractivity contribution in [1.29, 1.82) is 0 Å². The van der Waals surface area contributed by atoms with Gasteiger partial charge in [-0.1, -0.05) is 54.1 Å². The molecule has 2 atom stereocenters. The monoisotopic (exact) mass is 482 g/mol. The lowest BCUT2D eigenvalue weighted by molar-refractivity contribution is 0.170. The molecule has 4 aromatic rings. The second-order valence-corrected chi connectivity index (χ2v) is 8.95. The number of hydrogen-bond donors (Lipinski definition) is 0. The van der Waals surface area contributed by atoms with Gasteiger partial charge in [-0.25, -0.2) is 4.98 Å². The molecule has 0 amide bonds. The van der Waals surface area contributed by atoms with Gasteiger partial charge >= 0.3 is 0 Å². The van der Waals surface area contributed by atoms with Gasteiger partial charge in [-0.05, 0) is 60.4 Å². The van der Waals surface area contributed by atoms with Gasteiger partial charge in [-0.2, -0.15) is 0 Å². The first-order chi connectivity index (χ1) is 17.2.